The monoisotopic (exact) mass is 412 g/mol. The number of thiazole rings is 1. The number of fused-ring (bicyclic) bond motifs is 1. The zero-order valence-corrected chi connectivity index (χ0v) is 17.4. The molecule has 0 aliphatic carbocycles. The van der Waals surface area contributed by atoms with Crippen LogP contribution in [-0.4, -0.2) is 29.6 Å². The van der Waals surface area contributed by atoms with E-state index in [1.54, 1.807) is 12.1 Å². The van der Waals surface area contributed by atoms with Crippen LogP contribution in [0.2, 0.25) is 0 Å². The number of nitrogens with zero attached hydrogens (tertiary/aromatic N) is 1. The lowest BCUT2D eigenvalue weighted by Gasteiger charge is -2.21. The van der Waals surface area contributed by atoms with Gasteiger partial charge in [0.2, 0.25) is 5.91 Å². The fourth-order valence-corrected chi connectivity index (χ4v) is 3.66. The van der Waals surface area contributed by atoms with E-state index in [1.807, 2.05) is 57.2 Å². The molecule has 0 spiro atoms. The SMILES string of the molecule is CCOc1ccc2nc(NC(=O)[C@@H](NC(=O)Nc3ccccc3)C(C)C)sc2c1. The maximum atomic E-state index is 12.8. The molecule has 8 heteroatoms. The lowest BCUT2D eigenvalue weighted by Crippen LogP contribution is -2.48. The van der Waals surface area contributed by atoms with Crippen LogP contribution in [0.1, 0.15) is 20.8 Å². The number of urea groups is 1. The second-order valence-corrected chi connectivity index (χ2v) is 7.79. The van der Waals surface area contributed by atoms with Crippen molar-refractivity contribution in [2.75, 3.05) is 17.2 Å². The van der Waals surface area contributed by atoms with Crippen LogP contribution in [0.3, 0.4) is 0 Å². The van der Waals surface area contributed by atoms with Crippen molar-refractivity contribution in [3.8, 4) is 5.75 Å². The number of para-hydroxylation sites is 1. The fraction of sp³-hybridized carbons (Fsp3) is 0.286. The van der Waals surface area contributed by atoms with E-state index in [0.717, 1.165) is 16.0 Å². The van der Waals surface area contributed by atoms with Gasteiger partial charge in [-0.1, -0.05) is 43.4 Å². The molecule has 0 saturated carbocycles. The molecule has 0 fully saturated rings. The van der Waals surface area contributed by atoms with Crippen LogP contribution in [0.25, 0.3) is 10.2 Å². The average molecular weight is 413 g/mol. The number of amides is 3. The van der Waals surface area contributed by atoms with Crippen LogP contribution >= 0.6 is 11.3 Å². The van der Waals surface area contributed by atoms with Gasteiger partial charge in [-0.2, -0.15) is 0 Å². The van der Waals surface area contributed by atoms with E-state index in [1.165, 1.54) is 11.3 Å². The van der Waals surface area contributed by atoms with Gasteiger partial charge >= 0.3 is 6.03 Å². The Morgan fingerprint density at radius 2 is 1.86 bits per heavy atom. The van der Waals surface area contributed by atoms with E-state index in [-0.39, 0.29) is 11.8 Å². The Kier molecular flexibility index (Phi) is 6.66. The highest BCUT2D eigenvalue weighted by molar-refractivity contribution is 7.22. The number of rotatable bonds is 7. The summed E-state index contributed by atoms with van der Waals surface area (Å²) in [5.74, 6) is 0.351. The molecule has 2 aromatic carbocycles. The summed E-state index contributed by atoms with van der Waals surface area (Å²) in [6, 6.07) is 13.5. The smallest absolute Gasteiger partial charge is 0.319 e. The molecule has 0 unspecified atom stereocenters. The van der Waals surface area contributed by atoms with Crippen molar-refractivity contribution in [2.24, 2.45) is 5.92 Å². The van der Waals surface area contributed by atoms with Gasteiger partial charge in [-0.15, -0.1) is 0 Å². The first-order chi connectivity index (χ1) is 14.0. The first-order valence-electron chi connectivity index (χ1n) is 9.43. The van der Waals surface area contributed by atoms with E-state index in [9.17, 15) is 9.59 Å². The molecular weight excluding hydrogens is 388 g/mol. The minimum absolute atomic E-state index is 0.101. The van der Waals surface area contributed by atoms with Crippen molar-refractivity contribution >= 4 is 44.3 Å². The van der Waals surface area contributed by atoms with Crippen molar-refractivity contribution in [1.82, 2.24) is 10.3 Å². The minimum Gasteiger partial charge on any atom is -0.494 e. The molecule has 3 amide bonds. The minimum atomic E-state index is -0.704. The number of hydrogen-bond acceptors (Lipinski definition) is 5. The Morgan fingerprint density at radius 1 is 1.10 bits per heavy atom. The van der Waals surface area contributed by atoms with Crippen molar-refractivity contribution in [2.45, 2.75) is 26.8 Å². The zero-order valence-electron chi connectivity index (χ0n) is 16.6. The van der Waals surface area contributed by atoms with Crippen molar-refractivity contribution in [3.63, 3.8) is 0 Å². The number of benzene rings is 2. The highest BCUT2D eigenvalue weighted by Gasteiger charge is 2.25. The highest BCUT2D eigenvalue weighted by Crippen LogP contribution is 2.29. The summed E-state index contributed by atoms with van der Waals surface area (Å²) >= 11 is 1.36. The molecule has 0 saturated heterocycles. The molecule has 0 aliphatic rings. The van der Waals surface area contributed by atoms with Gasteiger partial charge in [0.1, 0.15) is 11.8 Å². The van der Waals surface area contributed by atoms with Gasteiger partial charge in [-0.05, 0) is 43.2 Å². The summed E-state index contributed by atoms with van der Waals surface area (Å²) in [6.07, 6.45) is 0. The number of anilines is 2. The van der Waals surface area contributed by atoms with Gasteiger partial charge in [0, 0.05) is 5.69 Å². The van der Waals surface area contributed by atoms with E-state index in [0.29, 0.717) is 17.4 Å². The summed E-state index contributed by atoms with van der Waals surface area (Å²) in [5.41, 5.74) is 1.44. The molecule has 0 bridgehead atoms. The van der Waals surface area contributed by atoms with Crippen molar-refractivity contribution < 1.29 is 14.3 Å². The lowest BCUT2D eigenvalue weighted by molar-refractivity contribution is -0.118. The number of hydrogen-bond donors (Lipinski definition) is 3. The quantitative estimate of drug-likeness (QED) is 0.533. The maximum Gasteiger partial charge on any atom is 0.319 e. The number of nitrogens with one attached hydrogen (secondary N) is 3. The molecule has 7 nitrogen and oxygen atoms in total. The van der Waals surface area contributed by atoms with Crippen molar-refractivity contribution in [3.05, 3.63) is 48.5 Å². The van der Waals surface area contributed by atoms with Gasteiger partial charge in [0.25, 0.3) is 0 Å². The number of carbonyl (C=O) groups is 2. The fourth-order valence-electron chi connectivity index (χ4n) is 2.76. The Labute approximate surface area is 173 Å². The van der Waals surface area contributed by atoms with E-state index in [4.69, 9.17) is 4.74 Å². The highest BCUT2D eigenvalue weighted by atomic mass is 32.1. The normalized spacial score (nSPS) is 11.9. The predicted molar refractivity (Wildman–Crippen MR) is 117 cm³/mol. The third-order valence-electron chi connectivity index (χ3n) is 4.17. The lowest BCUT2D eigenvalue weighted by atomic mass is 10.0. The molecule has 0 radical (unpaired) electrons. The van der Waals surface area contributed by atoms with Crippen LogP contribution in [0.15, 0.2) is 48.5 Å². The third kappa shape index (κ3) is 5.45. The van der Waals surface area contributed by atoms with E-state index < -0.39 is 12.1 Å². The second kappa shape index (κ2) is 9.38. The Morgan fingerprint density at radius 3 is 2.55 bits per heavy atom. The summed E-state index contributed by atoms with van der Waals surface area (Å²) < 4.78 is 6.42. The van der Waals surface area contributed by atoms with Gasteiger partial charge in [-0.25, -0.2) is 9.78 Å². The molecular formula is C21H24N4O3S. The molecule has 152 valence electrons. The van der Waals surface area contributed by atoms with E-state index >= 15 is 0 Å². The number of aromatic nitrogens is 1. The van der Waals surface area contributed by atoms with Crippen LogP contribution < -0.4 is 20.7 Å². The van der Waals surface area contributed by atoms with E-state index in [2.05, 4.69) is 20.9 Å². The zero-order chi connectivity index (χ0) is 20.8. The van der Waals surface area contributed by atoms with Gasteiger partial charge in [0.15, 0.2) is 5.13 Å². The van der Waals surface area contributed by atoms with Crippen molar-refractivity contribution in [1.29, 1.82) is 0 Å². The van der Waals surface area contributed by atoms with Gasteiger partial charge in [-0.3, -0.25) is 4.79 Å². The Bertz CT molecular complexity index is 988. The van der Waals surface area contributed by atoms with Crippen LogP contribution in [-0.2, 0) is 4.79 Å². The first kappa shape index (κ1) is 20.6. The molecule has 3 rings (SSSR count). The standard InChI is InChI=1S/C21H24N4O3S/c1-4-28-15-10-11-16-17(12-15)29-21(23-16)25-19(26)18(13(2)3)24-20(27)22-14-8-6-5-7-9-14/h5-13,18H,4H2,1-3H3,(H2,22,24,27)(H,23,25,26)/t18-/m0/s1. The summed E-state index contributed by atoms with van der Waals surface area (Å²) in [5, 5.41) is 8.77. The molecule has 1 heterocycles. The molecule has 1 atom stereocenters. The number of ether oxygens (including phenoxy) is 1. The summed E-state index contributed by atoms with van der Waals surface area (Å²) in [7, 11) is 0. The largest absolute Gasteiger partial charge is 0.494 e. The first-order valence-corrected chi connectivity index (χ1v) is 10.2. The maximum absolute atomic E-state index is 12.8. The molecule has 0 aliphatic heterocycles. The van der Waals surface area contributed by atoms with Crippen LogP contribution in [0.4, 0.5) is 15.6 Å². The Hall–Kier alpha value is -3.13. The third-order valence-corrected chi connectivity index (χ3v) is 5.10. The Balaban J connectivity index is 1.67. The van der Waals surface area contributed by atoms with Gasteiger partial charge < -0.3 is 20.7 Å². The summed E-state index contributed by atoms with van der Waals surface area (Å²) in [4.78, 5) is 29.5. The number of carbonyl (C=O) groups excluding carboxylic acids is 2. The second-order valence-electron chi connectivity index (χ2n) is 6.76. The molecule has 1 aromatic heterocycles. The van der Waals surface area contributed by atoms with Crippen LogP contribution in [0.5, 0.6) is 5.75 Å². The molecule has 29 heavy (non-hydrogen) atoms. The summed E-state index contributed by atoms with van der Waals surface area (Å²) in [6.45, 7) is 6.26. The van der Waals surface area contributed by atoms with Gasteiger partial charge in [0.05, 0.1) is 16.8 Å². The molecule has 3 N–H and O–H groups in total. The molecule has 3 aromatic rings. The topological polar surface area (TPSA) is 92.3 Å². The van der Waals surface area contributed by atoms with Crippen LogP contribution in [0, 0.1) is 5.92 Å². The predicted octanol–water partition coefficient (Wildman–Crippen LogP) is 4.48. The average Bonchev–Trinajstić information content (AvgIpc) is 3.08.